The number of ether oxygens (including phenoxy) is 1. The lowest BCUT2D eigenvalue weighted by Crippen LogP contribution is -2.45. The Balaban J connectivity index is 2.47. The van der Waals surface area contributed by atoms with Crippen molar-refractivity contribution in [2.45, 2.75) is 39.3 Å². The number of methoxy groups -OCH3 is 1. The molecule has 0 bridgehead atoms. The number of carbonyl (C=O) groups is 1. The summed E-state index contributed by atoms with van der Waals surface area (Å²) in [4.78, 5) is 14.2. The molecule has 0 saturated heterocycles. The van der Waals surface area contributed by atoms with E-state index in [4.69, 9.17) is 4.74 Å². The zero-order valence-electron chi connectivity index (χ0n) is 15.0. The third-order valence-electron chi connectivity index (χ3n) is 4.14. The minimum atomic E-state index is -0.200. The van der Waals surface area contributed by atoms with E-state index in [1.807, 2.05) is 0 Å². The van der Waals surface area contributed by atoms with Gasteiger partial charge in [0.1, 0.15) is 0 Å². The van der Waals surface area contributed by atoms with E-state index >= 15 is 0 Å². The zero-order chi connectivity index (χ0) is 17.2. The highest BCUT2D eigenvalue weighted by Crippen LogP contribution is 2.16. The largest absolute Gasteiger partial charge is 0.383 e. The molecular formula is C16H31N5O2. The molecular weight excluding hydrogens is 294 g/mol. The van der Waals surface area contributed by atoms with E-state index in [1.54, 1.807) is 24.2 Å². The van der Waals surface area contributed by atoms with Crippen molar-refractivity contribution in [1.82, 2.24) is 20.0 Å². The number of urea groups is 1. The highest BCUT2D eigenvalue weighted by Gasteiger charge is 2.21. The summed E-state index contributed by atoms with van der Waals surface area (Å²) in [6, 6.07) is 0.134. The van der Waals surface area contributed by atoms with Crippen molar-refractivity contribution < 1.29 is 9.53 Å². The van der Waals surface area contributed by atoms with Crippen LogP contribution in [0, 0.1) is 5.92 Å². The van der Waals surface area contributed by atoms with Gasteiger partial charge in [0.05, 0.1) is 25.0 Å². The van der Waals surface area contributed by atoms with Gasteiger partial charge in [-0.2, -0.15) is 5.10 Å². The predicted molar refractivity (Wildman–Crippen MR) is 92.7 cm³/mol. The van der Waals surface area contributed by atoms with Crippen LogP contribution >= 0.6 is 0 Å². The van der Waals surface area contributed by atoms with Gasteiger partial charge in [0.15, 0.2) is 0 Å². The molecule has 1 rings (SSSR count). The van der Waals surface area contributed by atoms with E-state index in [0.717, 1.165) is 12.8 Å². The Hall–Kier alpha value is -1.60. The van der Waals surface area contributed by atoms with Crippen LogP contribution in [0.5, 0.6) is 0 Å². The Labute approximate surface area is 139 Å². The molecule has 0 aliphatic heterocycles. The second-order valence-electron chi connectivity index (χ2n) is 5.93. The van der Waals surface area contributed by atoms with Crippen molar-refractivity contribution in [2.75, 3.05) is 39.7 Å². The van der Waals surface area contributed by atoms with Crippen LogP contribution in [0.3, 0.4) is 0 Å². The fraction of sp³-hybridized carbons (Fsp3) is 0.750. The summed E-state index contributed by atoms with van der Waals surface area (Å²) < 4.78 is 6.74. The Kier molecular flexibility index (Phi) is 8.65. The number of likely N-dealkylation sites (N-methyl/N-ethyl adjacent to an activating group) is 1. The first kappa shape index (κ1) is 19.4. The highest BCUT2D eigenvalue weighted by molar-refractivity contribution is 5.88. The van der Waals surface area contributed by atoms with Crippen molar-refractivity contribution in [1.29, 1.82) is 0 Å². The van der Waals surface area contributed by atoms with Gasteiger partial charge in [-0.1, -0.05) is 26.7 Å². The minimum Gasteiger partial charge on any atom is -0.383 e. The molecule has 0 saturated carbocycles. The van der Waals surface area contributed by atoms with Gasteiger partial charge in [-0.25, -0.2) is 4.79 Å². The normalized spacial score (nSPS) is 12.7. The molecule has 0 aliphatic carbocycles. The molecule has 0 aliphatic rings. The van der Waals surface area contributed by atoms with Crippen LogP contribution in [-0.2, 0) is 11.3 Å². The fourth-order valence-corrected chi connectivity index (χ4v) is 2.71. The molecule has 1 aromatic heterocycles. The first-order chi connectivity index (χ1) is 11.0. The van der Waals surface area contributed by atoms with Crippen molar-refractivity contribution in [2.24, 2.45) is 5.92 Å². The first-order valence-electron chi connectivity index (χ1n) is 8.24. The smallest absolute Gasteiger partial charge is 0.319 e. The Morgan fingerprint density at radius 2 is 2.09 bits per heavy atom. The molecule has 7 nitrogen and oxygen atoms in total. The van der Waals surface area contributed by atoms with Crippen molar-refractivity contribution in [3.8, 4) is 0 Å². The molecule has 0 radical (unpaired) electrons. The van der Waals surface area contributed by atoms with E-state index in [2.05, 4.69) is 48.6 Å². The third-order valence-corrected chi connectivity index (χ3v) is 4.14. The number of aromatic nitrogens is 2. The number of carbonyl (C=O) groups excluding carboxylic acids is 1. The Morgan fingerprint density at radius 1 is 1.39 bits per heavy atom. The summed E-state index contributed by atoms with van der Waals surface area (Å²) >= 11 is 0. The monoisotopic (exact) mass is 325 g/mol. The molecule has 2 amide bonds. The highest BCUT2D eigenvalue weighted by atomic mass is 16.5. The van der Waals surface area contributed by atoms with Crippen LogP contribution in [0.15, 0.2) is 12.4 Å². The number of amides is 2. The summed E-state index contributed by atoms with van der Waals surface area (Å²) in [5.41, 5.74) is 0.683. The van der Waals surface area contributed by atoms with E-state index in [-0.39, 0.29) is 6.03 Å². The van der Waals surface area contributed by atoms with Crippen LogP contribution < -0.4 is 10.6 Å². The van der Waals surface area contributed by atoms with Gasteiger partial charge in [0, 0.05) is 25.9 Å². The number of hydrogen-bond donors (Lipinski definition) is 2. The lowest BCUT2D eigenvalue weighted by molar-refractivity contribution is 0.183. The Morgan fingerprint density at radius 3 is 2.65 bits per heavy atom. The van der Waals surface area contributed by atoms with Gasteiger partial charge in [0.25, 0.3) is 0 Å². The SMILES string of the molecule is CCC(CC)[C@@H](CNC(=O)Nc1cnn(CCOC)c1)N(C)C. The van der Waals surface area contributed by atoms with Crippen molar-refractivity contribution in [3.05, 3.63) is 12.4 Å². The van der Waals surface area contributed by atoms with E-state index in [9.17, 15) is 4.79 Å². The standard InChI is InChI=1S/C16H31N5O2/c1-6-13(7-2)15(20(3)4)11-17-16(22)19-14-10-18-21(12-14)8-9-23-5/h10,12-13,15H,6-9,11H2,1-5H3,(H2,17,19,22)/t15-/m1/s1. The quantitative estimate of drug-likeness (QED) is 0.690. The molecule has 7 heteroatoms. The molecule has 1 heterocycles. The van der Waals surface area contributed by atoms with Crippen LogP contribution in [0.1, 0.15) is 26.7 Å². The summed E-state index contributed by atoms with van der Waals surface area (Å²) in [6.45, 7) is 6.27. The van der Waals surface area contributed by atoms with Gasteiger partial charge in [-0.05, 0) is 20.0 Å². The van der Waals surface area contributed by atoms with Gasteiger partial charge in [0.2, 0.25) is 0 Å². The summed E-state index contributed by atoms with van der Waals surface area (Å²) in [7, 11) is 5.77. The average molecular weight is 325 g/mol. The second-order valence-corrected chi connectivity index (χ2v) is 5.93. The van der Waals surface area contributed by atoms with E-state index in [0.29, 0.717) is 37.3 Å². The van der Waals surface area contributed by atoms with Crippen molar-refractivity contribution >= 4 is 11.7 Å². The summed E-state index contributed by atoms with van der Waals surface area (Å²) in [5.74, 6) is 0.571. The number of nitrogens with one attached hydrogen (secondary N) is 2. The molecule has 2 N–H and O–H groups in total. The van der Waals surface area contributed by atoms with Crippen LogP contribution in [0.2, 0.25) is 0 Å². The van der Waals surface area contributed by atoms with E-state index in [1.165, 1.54) is 0 Å². The van der Waals surface area contributed by atoms with Crippen LogP contribution in [0.25, 0.3) is 0 Å². The maximum Gasteiger partial charge on any atom is 0.319 e. The molecule has 1 aromatic rings. The maximum atomic E-state index is 12.1. The van der Waals surface area contributed by atoms with Crippen LogP contribution in [-0.4, -0.2) is 61.1 Å². The molecule has 0 unspecified atom stereocenters. The summed E-state index contributed by atoms with van der Waals surface area (Å²) in [5, 5.41) is 9.95. The summed E-state index contributed by atoms with van der Waals surface area (Å²) in [6.07, 6.45) is 5.65. The predicted octanol–water partition coefficient (Wildman–Crippen LogP) is 2.02. The average Bonchev–Trinajstić information content (AvgIpc) is 2.96. The lowest BCUT2D eigenvalue weighted by atomic mass is 9.93. The first-order valence-corrected chi connectivity index (χ1v) is 8.24. The number of hydrogen-bond acceptors (Lipinski definition) is 4. The lowest BCUT2D eigenvalue weighted by Gasteiger charge is -2.31. The van der Waals surface area contributed by atoms with Gasteiger partial charge in [-0.15, -0.1) is 0 Å². The van der Waals surface area contributed by atoms with Gasteiger partial charge in [-0.3, -0.25) is 4.68 Å². The topological polar surface area (TPSA) is 71.4 Å². The number of rotatable bonds is 10. The maximum absolute atomic E-state index is 12.1. The zero-order valence-corrected chi connectivity index (χ0v) is 15.0. The van der Waals surface area contributed by atoms with Gasteiger partial charge < -0.3 is 20.3 Å². The number of nitrogens with zero attached hydrogens (tertiary/aromatic N) is 3. The molecule has 132 valence electrons. The van der Waals surface area contributed by atoms with E-state index < -0.39 is 0 Å². The molecule has 1 atom stereocenters. The molecule has 0 aromatic carbocycles. The molecule has 0 spiro atoms. The molecule has 0 fully saturated rings. The molecule has 23 heavy (non-hydrogen) atoms. The fourth-order valence-electron chi connectivity index (χ4n) is 2.71. The Bertz CT molecular complexity index is 457. The van der Waals surface area contributed by atoms with Crippen molar-refractivity contribution in [3.63, 3.8) is 0 Å². The van der Waals surface area contributed by atoms with Crippen LogP contribution in [0.4, 0.5) is 10.5 Å². The van der Waals surface area contributed by atoms with Gasteiger partial charge >= 0.3 is 6.03 Å². The number of anilines is 1. The second kappa shape index (κ2) is 10.2. The minimum absolute atomic E-state index is 0.200. The third kappa shape index (κ3) is 6.58.